The molecule has 0 radical (unpaired) electrons. The number of benzene rings is 1. The van der Waals surface area contributed by atoms with Gasteiger partial charge in [0.25, 0.3) is 5.69 Å². The summed E-state index contributed by atoms with van der Waals surface area (Å²) in [6.45, 7) is 1.40. The van der Waals surface area contributed by atoms with Crippen LogP contribution in [0.1, 0.15) is 11.7 Å². The number of anilines is 1. The number of rotatable bonds is 5. The van der Waals surface area contributed by atoms with E-state index in [9.17, 15) is 18.5 Å². The molecule has 10 nitrogen and oxygen atoms in total. The zero-order chi connectivity index (χ0) is 15.6. The maximum absolute atomic E-state index is 12.0. The second-order valence-corrected chi connectivity index (χ2v) is 5.80. The van der Waals surface area contributed by atoms with Crippen LogP contribution in [0.25, 0.3) is 0 Å². The molecule has 1 heterocycles. The summed E-state index contributed by atoms with van der Waals surface area (Å²) in [5.74, 6) is 0.481. The summed E-state index contributed by atoms with van der Waals surface area (Å²) in [6, 6.07) is 3.14. The van der Waals surface area contributed by atoms with E-state index in [1.807, 2.05) is 0 Å². The number of nitrogen functional groups attached to an aromatic ring is 1. The first kappa shape index (κ1) is 14.9. The molecular formula is C10H11N5O5S. The lowest BCUT2D eigenvalue weighted by atomic mass is 10.3. The maximum Gasteiger partial charge on any atom is 0.292 e. The van der Waals surface area contributed by atoms with Crippen LogP contribution >= 0.6 is 0 Å². The van der Waals surface area contributed by atoms with Gasteiger partial charge in [-0.2, -0.15) is 4.98 Å². The normalized spacial score (nSPS) is 11.5. The third-order valence-corrected chi connectivity index (χ3v) is 3.89. The standard InChI is InChI=1S/C10H11N5O5S/c1-6-13-10(20-14-6)5-12-21(18,19)7-2-3-9(15(16)17)8(11)4-7/h2-4,12H,5,11H2,1H3. The Morgan fingerprint density at radius 3 is 2.71 bits per heavy atom. The fraction of sp³-hybridized carbons (Fsp3) is 0.200. The van der Waals surface area contributed by atoms with Crippen molar-refractivity contribution in [2.45, 2.75) is 18.4 Å². The molecule has 2 aromatic rings. The van der Waals surface area contributed by atoms with Gasteiger partial charge in [0.1, 0.15) is 5.69 Å². The van der Waals surface area contributed by atoms with Crippen LogP contribution in [0, 0.1) is 17.0 Å². The van der Waals surface area contributed by atoms with Crippen molar-refractivity contribution in [1.82, 2.24) is 14.9 Å². The van der Waals surface area contributed by atoms with Crippen LogP contribution in [0.5, 0.6) is 0 Å². The number of hydrogen-bond donors (Lipinski definition) is 2. The lowest BCUT2D eigenvalue weighted by molar-refractivity contribution is -0.383. The first-order valence-corrected chi connectivity index (χ1v) is 7.10. The lowest BCUT2D eigenvalue weighted by Gasteiger charge is -2.05. The minimum absolute atomic E-state index is 0.103. The average molecular weight is 313 g/mol. The summed E-state index contributed by atoms with van der Waals surface area (Å²) in [5.41, 5.74) is 4.86. The SMILES string of the molecule is Cc1noc(CNS(=O)(=O)c2ccc([N+](=O)[O-])c(N)c2)n1. The van der Waals surface area contributed by atoms with Crippen molar-refractivity contribution in [3.63, 3.8) is 0 Å². The summed E-state index contributed by atoms with van der Waals surface area (Å²) in [7, 11) is -3.89. The molecule has 0 aliphatic rings. The number of nitro groups is 1. The van der Waals surface area contributed by atoms with Gasteiger partial charge in [0.05, 0.1) is 16.4 Å². The Balaban J connectivity index is 2.19. The Labute approximate surface area is 119 Å². The summed E-state index contributed by atoms with van der Waals surface area (Å²) < 4.78 is 31.0. The van der Waals surface area contributed by atoms with Gasteiger partial charge in [0.2, 0.25) is 15.9 Å². The van der Waals surface area contributed by atoms with E-state index < -0.39 is 14.9 Å². The Kier molecular flexibility index (Phi) is 3.86. The van der Waals surface area contributed by atoms with Crippen molar-refractivity contribution in [2.75, 3.05) is 5.73 Å². The predicted octanol–water partition coefficient (Wildman–Crippen LogP) is 0.347. The maximum atomic E-state index is 12.0. The van der Waals surface area contributed by atoms with E-state index in [4.69, 9.17) is 10.3 Å². The van der Waals surface area contributed by atoms with E-state index in [2.05, 4.69) is 14.9 Å². The minimum atomic E-state index is -3.89. The predicted molar refractivity (Wildman–Crippen MR) is 70.6 cm³/mol. The number of nitrogens with one attached hydrogen (secondary N) is 1. The highest BCUT2D eigenvalue weighted by molar-refractivity contribution is 7.89. The highest BCUT2D eigenvalue weighted by atomic mass is 32.2. The molecule has 0 aliphatic carbocycles. The number of nitrogens with zero attached hydrogens (tertiary/aromatic N) is 3. The molecular weight excluding hydrogens is 302 g/mol. The van der Waals surface area contributed by atoms with Gasteiger partial charge in [-0.15, -0.1) is 0 Å². The van der Waals surface area contributed by atoms with Crippen LogP contribution in [0.2, 0.25) is 0 Å². The molecule has 0 fully saturated rings. The largest absolute Gasteiger partial charge is 0.393 e. The molecule has 0 atom stereocenters. The van der Waals surface area contributed by atoms with Crippen LogP contribution in [0.3, 0.4) is 0 Å². The van der Waals surface area contributed by atoms with E-state index in [0.717, 1.165) is 18.2 Å². The Morgan fingerprint density at radius 1 is 1.48 bits per heavy atom. The number of sulfonamides is 1. The molecule has 3 N–H and O–H groups in total. The molecule has 1 aromatic carbocycles. The van der Waals surface area contributed by atoms with Crippen molar-refractivity contribution in [3.8, 4) is 0 Å². The minimum Gasteiger partial charge on any atom is -0.393 e. The summed E-state index contributed by atoms with van der Waals surface area (Å²) in [4.78, 5) is 13.6. The molecule has 1 aromatic heterocycles. The molecule has 0 bridgehead atoms. The van der Waals surface area contributed by atoms with Crippen LogP contribution < -0.4 is 10.5 Å². The smallest absolute Gasteiger partial charge is 0.292 e. The zero-order valence-corrected chi connectivity index (χ0v) is 11.6. The fourth-order valence-corrected chi connectivity index (χ4v) is 2.53. The lowest BCUT2D eigenvalue weighted by Crippen LogP contribution is -2.23. The van der Waals surface area contributed by atoms with E-state index in [1.165, 1.54) is 0 Å². The van der Waals surface area contributed by atoms with Gasteiger partial charge in [-0.05, 0) is 19.1 Å². The Bertz CT molecular complexity index is 785. The van der Waals surface area contributed by atoms with Crippen LogP contribution in [0.15, 0.2) is 27.6 Å². The van der Waals surface area contributed by atoms with Gasteiger partial charge in [0, 0.05) is 6.07 Å². The quantitative estimate of drug-likeness (QED) is 0.455. The highest BCUT2D eigenvalue weighted by Gasteiger charge is 2.19. The van der Waals surface area contributed by atoms with Crippen LogP contribution in [0.4, 0.5) is 11.4 Å². The van der Waals surface area contributed by atoms with Crippen molar-refractivity contribution >= 4 is 21.4 Å². The van der Waals surface area contributed by atoms with Crippen molar-refractivity contribution in [2.24, 2.45) is 0 Å². The van der Waals surface area contributed by atoms with E-state index >= 15 is 0 Å². The number of aryl methyl sites for hydroxylation is 1. The molecule has 11 heteroatoms. The van der Waals surface area contributed by atoms with Gasteiger partial charge in [-0.3, -0.25) is 10.1 Å². The Hall–Kier alpha value is -2.53. The summed E-state index contributed by atoms with van der Waals surface area (Å²) in [5, 5.41) is 14.1. The monoisotopic (exact) mass is 313 g/mol. The number of aromatic nitrogens is 2. The summed E-state index contributed by atoms with van der Waals surface area (Å²) in [6.07, 6.45) is 0. The molecule has 21 heavy (non-hydrogen) atoms. The van der Waals surface area contributed by atoms with E-state index in [-0.39, 0.29) is 28.7 Å². The number of nitro benzene ring substituents is 1. The first-order chi connectivity index (χ1) is 9.79. The Morgan fingerprint density at radius 2 is 2.19 bits per heavy atom. The van der Waals surface area contributed by atoms with Crippen molar-refractivity contribution in [1.29, 1.82) is 0 Å². The summed E-state index contributed by atoms with van der Waals surface area (Å²) >= 11 is 0. The fourth-order valence-electron chi connectivity index (χ4n) is 1.52. The molecule has 0 spiro atoms. The average Bonchev–Trinajstić information content (AvgIpc) is 2.82. The topological polar surface area (TPSA) is 154 Å². The second-order valence-electron chi connectivity index (χ2n) is 4.04. The van der Waals surface area contributed by atoms with Crippen molar-refractivity contribution in [3.05, 3.63) is 40.0 Å². The molecule has 0 unspecified atom stereocenters. The molecule has 112 valence electrons. The third kappa shape index (κ3) is 3.32. The second kappa shape index (κ2) is 5.46. The van der Waals surface area contributed by atoms with Gasteiger partial charge in [0.15, 0.2) is 5.82 Å². The van der Waals surface area contributed by atoms with Crippen molar-refractivity contribution < 1.29 is 17.9 Å². The molecule has 0 saturated carbocycles. The third-order valence-electron chi connectivity index (χ3n) is 2.49. The van der Waals surface area contributed by atoms with Crippen LogP contribution in [-0.4, -0.2) is 23.5 Å². The molecule has 0 amide bonds. The van der Waals surface area contributed by atoms with E-state index in [1.54, 1.807) is 6.92 Å². The van der Waals surface area contributed by atoms with Gasteiger partial charge in [-0.25, -0.2) is 13.1 Å². The first-order valence-electron chi connectivity index (χ1n) is 5.62. The number of nitrogens with two attached hydrogens (primary N) is 1. The molecule has 0 saturated heterocycles. The van der Waals surface area contributed by atoms with E-state index in [0.29, 0.717) is 5.82 Å². The molecule has 0 aliphatic heterocycles. The van der Waals surface area contributed by atoms with Gasteiger partial charge >= 0.3 is 0 Å². The number of hydrogen-bond acceptors (Lipinski definition) is 8. The van der Waals surface area contributed by atoms with Gasteiger partial charge < -0.3 is 10.3 Å². The molecule has 2 rings (SSSR count). The van der Waals surface area contributed by atoms with Gasteiger partial charge in [-0.1, -0.05) is 5.16 Å². The highest BCUT2D eigenvalue weighted by Crippen LogP contribution is 2.24. The zero-order valence-electron chi connectivity index (χ0n) is 10.8. The van der Waals surface area contributed by atoms with Crippen LogP contribution in [-0.2, 0) is 16.6 Å².